The van der Waals surface area contributed by atoms with Gasteiger partial charge in [0.1, 0.15) is 0 Å². The zero-order valence-electron chi connectivity index (χ0n) is 1.97. The molecule has 20 valence electrons. The molecule has 0 fully saturated rings. The van der Waals surface area contributed by atoms with E-state index in [1.54, 1.807) is 0 Å². The first-order chi connectivity index (χ1) is 0. The molecule has 0 nitrogen and oxygen atoms in total. The second kappa shape index (κ2) is 22.3. The number of hydrogen-bond acceptors (Lipinski definition) is 0. The molecule has 0 aliphatic rings. The molecule has 0 aromatic carbocycles. The smallest absolute Gasteiger partial charge is 0 e. The molecule has 0 aromatic rings. The monoisotopic (exact) mass is 307 g/mol. The van der Waals surface area contributed by atoms with Gasteiger partial charge in [-0.3, -0.25) is 0 Å². The average molecular weight is 308 g/mol. The SMILES string of the molecule is [B].[B].[Pt].[Zr]. The first-order valence-electron chi connectivity index (χ1n) is 0. The molecule has 0 bridgehead atoms. The molecule has 6 radical (unpaired) electrons. The van der Waals surface area contributed by atoms with Gasteiger partial charge < -0.3 is 0 Å². The van der Waals surface area contributed by atoms with Crippen molar-refractivity contribution in [3.05, 3.63) is 0 Å². The maximum Gasteiger partial charge on any atom is 0 e. The van der Waals surface area contributed by atoms with Crippen molar-refractivity contribution < 1.29 is 47.3 Å². The number of hydrogen-bond donors (Lipinski definition) is 0. The molecule has 0 saturated carbocycles. The van der Waals surface area contributed by atoms with E-state index in [4.69, 9.17) is 0 Å². The van der Waals surface area contributed by atoms with Gasteiger partial charge >= 0.3 is 0 Å². The van der Waals surface area contributed by atoms with Gasteiger partial charge in [0.05, 0.1) is 0 Å². The molecule has 0 rings (SSSR count). The summed E-state index contributed by atoms with van der Waals surface area (Å²) in [6, 6.07) is 0. The van der Waals surface area contributed by atoms with Gasteiger partial charge in [-0.15, -0.1) is 0 Å². The summed E-state index contributed by atoms with van der Waals surface area (Å²) in [5, 5.41) is 0. The van der Waals surface area contributed by atoms with Crippen LogP contribution in [0.3, 0.4) is 0 Å². The van der Waals surface area contributed by atoms with Crippen molar-refractivity contribution in [3.63, 3.8) is 0 Å². The summed E-state index contributed by atoms with van der Waals surface area (Å²) in [6.45, 7) is 0. The third-order valence-electron chi connectivity index (χ3n) is 0. The third kappa shape index (κ3) is 9.33. The van der Waals surface area contributed by atoms with E-state index in [0.29, 0.717) is 0 Å². The quantitative estimate of drug-likeness (QED) is 0.516. The second-order valence-corrected chi connectivity index (χ2v) is 0. The van der Waals surface area contributed by atoms with Crippen LogP contribution in [0.4, 0.5) is 0 Å². The minimum Gasteiger partial charge on any atom is 0 e. The molecule has 0 heterocycles. The Balaban J connectivity index is 0. The maximum absolute atomic E-state index is 0. The van der Waals surface area contributed by atoms with Crippen molar-refractivity contribution in [1.82, 2.24) is 0 Å². The predicted octanol–water partition coefficient (Wildman–Crippen LogP) is -0.767. The van der Waals surface area contributed by atoms with Crippen LogP contribution < -0.4 is 0 Å². The van der Waals surface area contributed by atoms with Gasteiger partial charge in [-0.25, -0.2) is 0 Å². The summed E-state index contributed by atoms with van der Waals surface area (Å²) in [7, 11) is 0. The predicted molar refractivity (Wildman–Crippen MR) is 11.5 cm³/mol. The van der Waals surface area contributed by atoms with E-state index in [-0.39, 0.29) is 64.1 Å². The van der Waals surface area contributed by atoms with Crippen molar-refractivity contribution >= 4 is 16.8 Å². The van der Waals surface area contributed by atoms with Crippen LogP contribution in [0.2, 0.25) is 0 Å². The van der Waals surface area contributed by atoms with E-state index in [9.17, 15) is 0 Å². The molecule has 0 aliphatic carbocycles. The molecule has 0 N–H and O–H groups in total. The molecular weight excluding hydrogens is 308 g/mol. The number of rotatable bonds is 0. The van der Waals surface area contributed by atoms with Crippen molar-refractivity contribution in [2.75, 3.05) is 0 Å². The average Bonchev–Trinajstić information content (AvgIpc) is 0. The second-order valence-electron chi connectivity index (χ2n) is 0. The van der Waals surface area contributed by atoms with Crippen LogP contribution in [0, 0.1) is 0 Å². The normalized spacial score (nSPS) is 0. The maximum atomic E-state index is 0. The Labute approximate surface area is 63.6 Å². The Morgan fingerprint density at radius 1 is 0.750 bits per heavy atom. The van der Waals surface area contributed by atoms with Crippen LogP contribution in [0.25, 0.3) is 0 Å². The third-order valence-corrected chi connectivity index (χ3v) is 0. The molecule has 0 unspecified atom stereocenters. The van der Waals surface area contributed by atoms with Crippen molar-refractivity contribution in [3.8, 4) is 0 Å². The minimum atomic E-state index is 0. The van der Waals surface area contributed by atoms with Gasteiger partial charge in [-0.05, 0) is 0 Å². The molecule has 4 heteroatoms. The Hall–Kier alpha value is 1.70. The molecule has 0 saturated heterocycles. The Morgan fingerprint density at radius 3 is 0.750 bits per heavy atom. The van der Waals surface area contributed by atoms with E-state index in [2.05, 4.69) is 0 Å². The van der Waals surface area contributed by atoms with E-state index < -0.39 is 0 Å². The van der Waals surface area contributed by atoms with E-state index in [0.717, 1.165) is 0 Å². The van der Waals surface area contributed by atoms with Gasteiger partial charge in [0.15, 0.2) is 0 Å². The van der Waals surface area contributed by atoms with Gasteiger partial charge in [-0.2, -0.15) is 0 Å². The van der Waals surface area contributed by atoms with Crippen LogP contribution in [0.15, 0.2) is 0 Å². The fourth-order valence-electron chi connectivity index (χ4n) is 0. The van der Waals surface area contributed by atoms with Gasteiger partial charge in [0, 0.05) is 64.1 Å². The fourth-order valence-corrected chi connectivity index (χ4v) is 0. The van der Waals surface area contributed by atoms with Gasteiger partial charge in [0.25, 0.3) is 0 Å². The van der Waals surface area contributed by atoms with E-state index in [1.807, 2.05) is 0 Å². The molecule has 0 spiro atoms. The Morgan fingerprint density at radius 2 is 0.750 bits per heavy atom. The standard InChI is InChI=1S/2B.Pt.Zr. The fraction of sp³-hybridized carbons (Fsp3) is 0. The Bertz CT molecular complexity index is 6.00. The summed E-state index contributed by atoms with van der Waals surface area (Å²) in [5.41, 5.74) is 0. The molecule has 4 heavy (non-hydrogen) atoms. The van der Waals surface area contributed by atoms with Crippen LogP contribution in [-0.4, -0.2) is 16.8 Å². The molecule has 0 aromatic heterocycles. The Kier molecular flexibility index (Phi) is 242. The van der Waals surface area contributed by atoms with Crippen LogP contribution in [0.1, 0.15) is 0 Å². The van der Waals surface area contributed by atoms with E-state index >= 15 is 0 Å². The zero-order valence-corrected chi connectivity index (χ0v) is 6.70. The van der Waals surface area contributed by atoms with Crippen molar-refractivity contribution in [2.45, 2.75) is 0 Å². The largest absolute Gasteiger partial charge is 0 e. The minimum absolute atomic E-state index is 0. The first-order valence-corrected chi connectivity index (χ1v) is 0. The van der Waals surface area contributed by atoms with Crippen LogP contribution in [-0.2, 0) is 47.3 Å². The van der Waals surface area contributed by atoms with Crippen molar-refractivity contribution in [2.24, 2.45) is 0 Å². The topological polar surface area (TPSA) is 0 Å². The van der Waals surface area contributed by atoms with Crippen LogP contribution in [0.5, 0.6) is 0 Å². The summed E-state index contributed by atoms with van der Waals surface area (Å²) in [6.07, 6.45) is 0. The van der Waals surface area contributed by atoms with Crippen LogP contribution >= 0.6 is 0 Å². The van der Waals surface area contributed by atoms with Gasteiger partial charge in [0.2, 0.25) is 0 Å². The van der Waals surface area contributed by atoms with E-state index in [1.165, 1.54) is 0 Å². The summed E-state index contributed by atoms with van der Waals surface area (Å²) < 4.78 is 0. The summed E-state index contributed by atoms with van der Waals surface area (Å²) in [4.78, 5) is 0. The summed E-state index contributed by atoms with van der Waals surface area (Å²) in [5.74, 6) is 0. The molecule has 0 atom stereocenters. The van der Waals surface area contributed by atoms with Gasteiger partial charge in [-0.1, -0.05) is 0 Å². The molecule has 0 amide bonds. The van der Waals surface area contributed by atoms with Crippen molar-refractivity contribution in [1.29, 1.82) is 0 Å². The summed E-state index contributed by atoms with van der Waals surface area (Å²) >= 11 is 0. The zero-order chi connectivity index (χ0) is 0. The molecular formula is B2PtZr. The first kappa shape index (κ1) is 43.5. The molecule has 0 aliphatic heterocycles.